The number of rotatable bonds is 2. The van der Waals surface area contributed by atoms with Crippen molar-refractivity contribution in [1.82, 2.24) is 20.2 Å². The zero-order valence-electron chi connectivity index (χ0n) is 12.4. The molecule has 0 unspecified atom stereocenters. The van der Waals surface area contributed by atoms with Crippen LogP contribution in [0.4, 0.5) is 5.95 Å². The first-order chi connectivity index (χ1) is 11.2. The van der Waals surface area contributed by atoms with E-state index in [0.29, 0.717) is 18.1 Å². The minimum absolute atomic E-state index is 0.131. The lowest BCUT2D eigenvalue weighted by molar-refractivity contribution is -0.116. The first kappa shape index (κ1) is 14.4. The molecule has 0 bridgehead atoms. The molecule has 0 amide bonds. The zero-order valence-corrected chi connectivity index (χ0v) is 14.0. The predicted octanol–water partition coefficient (Wildman–Crippen LogP) is 2.47. The van der Waals surface area contributed by atoms with Crippen molar-refractivity contribution >= 4 is 27.7 Å². The van der Waals surface area contributed by atoms with Gasteiger partial charge in [0.2, 0.25) is 5.95 Å². The molecule has 4 rings (SSSR count). The van der Waals surface area contributed by atoms with E-state index in [4.69, 9.17) is 4.74 Å². The highest BCUT2D eigenvalue weighted by atomic mass is 79.9. The molecule has 1 aromatic heterocycles. The summed E-state index contributed by atoms with van der Waals surface area (Å²) in [5.74, 6) is 1.38. The third-order valence-corrected chi connectivity index (χ3v) is 4.71. The Morgan fingerprint density at radius 2 is 2.26 bits per heavy atom. The Kier molecular flexibility index (Phi) is 3.41. The second kappa shape index (κ2) is 5.45. The van der Waals surface area contributed by atoms with E-state index < -0.39 is 0 Å². The van der Waals surface area contributed by atoms with E-state index in [1.807, 2.05) is 18.2 Å². The molecule has 23 heavy (non-hydrogen) atoms. The monoisotopic (exact) mass is 375 g/mol. The van der Waals surface area contributed by atoms with Crippen LogP contribution in [0.25, 0.3) is 0 Å². The minimum atomic E-state index is -0.378. The fraction of sp³-hybridized carbons (Fsp3) is 0.333. The number of nitrogens with zero attached hydrogens (tertiary/aromatic N) is 4. The molecule has 0 saturated carbocycles. The van der Waals surface area contributed by atoms with Gasteiger partial charge in [0.25, 0.3) is 0 Å². The second-order valence-corrected chi connectivity index (χ2v) is 6.45. The number of carbonyl (C=O) groups excluding carboxylic acids is 1. The average Bonchev–Trinajstić information content (AvgIpc) is 3.01. The van der Waals surface area contributed by atoms with Gasteiger partial charge < -0.3 is 10.1 Å². The molecule has 0 saturated heterocycles. The third-order valence-electron chi connectivity index (χ3n) is 4.22. The van der Waals surface area contributed by atoms with Gasteiger partial charge in [-0.25, -0.2) is 0 Å². The number of halogens is 1. The molecule has 1 aromatic carbocycles. The van der Waals surface area contributed by atoms with Crippen LogP contribution in [0.5, 0.6) is 5.75 Å². The number of carbonyl (C=O) groups is 1. The van der Waals surface area contributed by atoms with E-state index >= 15 is 0 Å². The van der Waals surface area contributed by atoms with E-state index in [9.17, 15) is 4.79 Å². The number of benzene rings is 1. The van der Waals surface area contributed by atoms with E-state index in [2.05, 4.69) is 36.8 Å². The summed E-state index contributed by atoms with van der Waals surface area (Å²) in [7, 11) is 1.62. The summed E-state index contributed by atoms with van der Waals surface area (Å²) in [6.45, 7) is 0. The summed E-state index contributed by atoms with van der Waals surface area (Å²) in [5.41, 5.74) is 2.50. The van der Waals surface area contributed by atoms with Crippen LogP contribution in [0.3, 0.4) is 0 Å². The number of hydrogen-bond donors (Lipinski definition) is 1. The zero-order chi connectivity index (χ0) is 16.0. The Hall–Kier alpha value is -2.22. The number of Topliss-reactive ketones (excluding diaryl/α,β-unsaturated/α-hetero) is 1. The van der Waals surface area contributed by atoms with Crippen molar-refractivity contribution < 1.29 is 9.53 Å². The number of ether oxygens (including phenoxy) is 1. The number of fused-ring (bicyclic) bond motifs is 1. The maximum absolute atomic E-state index is 12.6. The summed E-state index contributed by atoms with van der Waals surface area (Å²) < 4.78 is 8.06. The molecule has 7 nitrogen and oxygen atoms in total. The van der Waals surface area contributed by atoms with E-state index in [-0.39, 0.29) is 11.8 Å². The van der Waals surface area contributed by atoms with Gasteiger partial charge in [-0.1, -0.05) is 21.0 Å². The van der Waals surface area contributed by atoms with Crippen molar-refractivity contribution in [2.24, 2.45) is 0 Å². The lowest BCUT2D eigenvalue weighted by atomic mass is 9.85. The van der Waals surface area contributed by atoms with Crippen LogP contribution in [0.15, 0.2) is 33.9 Å². The molecule has 1 N–H and O–H groups in total. The molecule has 1 aliphatic heterocycles. The normalized spacial score (nSPS) is 19.9. The van der Waals surface area contributed by atoms with E-state index in [1.165, 1.54) is 0 Å². The molecular weight excluding hydrogens is 362 g/mol. The van der Waals surface area contributed by atoms with Gasteiger partial charge in [0, 0.05) is 27.7 Å². The largest absolute Gasteiger partial charge is 0.496 e. The quantitative estimate of drug-likeness (QED) is 0.867. The summed E-state index contributed by atoms with van der Waals surface area (Å²) in [6, 6.07) is 5.35. The smallest absolute Gasteiger partial charge is 0.248 e. The number of tetrazole rings is 1. The number of ketones is 1. The molecule has 2 aliphatic rings. The summed E-state index contributed by atoms with van der Waals surface area (Å²) in [5, 5.41) is 15.0. The number of nitrogens with one attached hydrogen (secondary N) is 1. The average molecular weight is 376 g/mol. The van der Waals surface area contributed by atoms with Gasteiger partial charge >= 0.3 is 0 Å². The summed E-state index contributed by atoms with van der Waals surface area (Å²) in [4.78, 5) is 12.6. The highest BCUT2D eigenvalue weighted by Gasteiger charge is 2.37. The molecule has 0 radical (unpaired) electrons. The third kappa shape index (κ3) is 2.24. The van der Waals surface area contributed by atoms with Crippen molar-refractivity contribution in [3.63, 3.8) is 0 Å². The van der Waals surface area contributed by atoms with Crippen LogP contribution >= 0.6 is 15.9 Å². The molecule has 2 heterocycles. The summed E-state index contributed by atoms with van der Waals surface area (Å²) >= 11 is 3.49. The molecule has 0 spiro atoms. The standard InChI is InChI=1S/C15H14BrN5O2/c1-23-12-6-5-8(16)7-9(12)14-13-10(3-2-4-11(13)22)17-15-18-19-20-21(14)15/h5-7,14H,2-4H2,1H3,(H,17,18,20)/t14-/m0/s1. The molecular formula is C15H14BrN5O2. The SMILES string of the molecule is COc1ccc(Br)cc1[C@H]1C2=C(CCCC2=O)Nc2nnnn21. The van der Waals surface area contributed by atoms with Crippen molar-refractivity contribution in [3.05, 3.63) is 39.5 Å². The lowest BCUT2D eigenvalue weighted by Gasteiger charge is -2.32. The lowest BCUT2D eigenvalue weighted by Crippen LogP contribution is -2.31. The van der Waals surface area contributed by atoms with Crippen LogP contribution in [-0.4, -0.2) is 33.1 Å². The van der Waals surface area contributed by atoms with Gasteiger partial charge in [0.05, 0.1) is 7.11 Å². The van der Waals surface area contributed by atoms with Crippen LogP contribution in [0.1, 0.15) is 30.9 Å². The van der Waals surface area contributed by atoms with Gasteiger partial charge in [-0.3, -0.25) is 4.79 Å². The molecule has 118 valence electrons. The van der Waals surface area contributed by atoms with Crippen LogP contribution in [0, 0.1) is 0 Å². The van der Waals surface area contributed by atoms with E-state index in [1.54, 1.807) is 11.8 Å². The number of hydrogen-bond acceptors (Lipinski definition) is 6. The van der Waals surface area contributed by atoms with Crippen molar-refractivity contribution in [3.8, 4) is 5.75 Å². The Morgan fingerprint density at radius 1 is 1.39 bits per heavy atom. The van der Waals surface area contributed by atoms with Crippen molar-refractivity contribution in [1.29, 1.82) is 0 Å². The van der Waals surface area contributed by atoms with Crippen molar-refractivity contribution in [2.45, 2.75) is 25.3 Å². The minimum Gasteiger partial charge on any atom is -0.496 e. The molecule has 1 atom stereocenters. The molecule has 0 fully saturated rings. The Labute approximate surface area is 140 Å². The predicted molar refractivity (Wildman–Crippen MR) is 86.2 cm³/mol. The number of allylic oxidation sites excluding steroid dienone is 2. The first-order valence-electron chi connectivity index (χ1n) is 7.33. The Morgan fingerprint density at radius 3 is 3.09 bits per heavy atom. The maximum Gasteiger partial charge on any atom is 0.248 e. The van der Waals surface area contributed by atoms with Gasteiger partial charge in [0.1, 0.15) is 11.8 Å². The highest BCUT2D eigenvalue weighted by Crippen LogP contribution is 2.42. The maximum atomic E-state index is 12.6. The van der Waals surface area contributed by atoms with Crippen LogP contribution in [-0.2, 0) is 4.79 Å². The molecule has 8 heteroatoms. The van der Waals surface area contributed by atoms with Crippen LogP contribution in [0.2, 0.25) is 0 Å². The van der Waals surface area contributed by atoms with Gasteiger partial charge in [-0.15, -0.1) is 0 Å². The summed E-state index contributed by atoms with van der Waals surface area (Å²) in [6.07, 6.45) is 2.21. The van der Waals surface area contributed by atoms with Gasteiger partial charge in [-0.2, -0.15) is 4.68 Å². The Balaban J connectivity index is 1.96. The fourth-order valence-corrected chi connectivity index (χ4v) is 3.60. The van der Waals surface area contributed by atoms with Crippen molar-refractivity contribution in [2.75, 3.05) is 12.4 Å². The molecule has 1 aliphatic carbocycles. The number of aromatic nitrogens is 4. The van der Waals surface area contributed by atoms with E-state index in [0.717, 1.165) is 34.1 Å². The number of methoxy groups -OCH3 is 1. The molecule has 2 aromatic rings. The van der Waals surface area contributed by atoms with Gasteiger partial charge in [0.15, 0.2) is 5.78 Å². The Bertz CT molecular complexity index is 829. The fourth-order valence-electron chi connectivity index (χ4n) is 3.22. The van der Waals surface area contributed by atoms with Gasteiger partial charge in [-0.05, 0) is 41.5 Å². The topological polar surface area (TPSA) is 81.9 Å². The number of anilines is 1. The second-order valence-electron chi connectivity index (χ2n) is 5.53. The van der Waals surface area contributed by atoms with Crippen LogP contribution < -0.4 is 10.1 Å². The first-order valence-corrected chi connectivity index (χ1v) is 8.13. The highest BCUT2D eigenvalue weighted by molar-refractivity contribution is 9.10.